The second-order valence-corrected chi connectivity index (χ2v) is 5.08. The van der Waals surface area contributed by atoms with Crippen molar-refractivity contribution in [3.63, 3.8) is 0 Å². The number of carbonyl (C=O) groups excluding carboxylic acids is 1. The normalized spacial score (nSPS) is 39.8. The molecule has 1 N–H and O–H groups in total. The van der Waals surface area contributed by atoms with Gasteiger partial charge in [0.15, 0.2) is 0 Å². The minimum absolute atomic E-state index is 0.00883. The van der Waals surface area contributed by atoms with Crippen LogP contribution < -0.4 is 0 Å². The molecule has 0 unspecified atom stereocenters. The summed E-state index contributed by atoms with van der Waals surface area (Å²) in [6.07, 6.45) is 2.22. The quantitative estimate of drug-likeness (QED) is 0.699. The first-order valence-corrected chi connectivity index (χ1v) is 5.50. The van der Waals surface area contributed by atoms with Crippen LogP contribution in [0.25, 0.3) is 0 Å². The van der Waals surface area contributed by atoms with Gasteiger partial charge in [0, 0.05) is 12.3 Å². The number of rotatable bonds is 2. The topological polar surface area (TPSA) is 46.5 Å². The third kappa shape index (κ3) is 1.54. The predicted molar refractivity (Wildman–Crippen MR) is 56.4 cm³/mol. The third-order valence-electron chi connectivity index (χ3n) is 3.57. The summed E-state index contributed by atoms with van der Waals surface area (Å²) in [6.45, 7) is 5.97. The minimum atomic E-state index is -0.540. The fourth-order valence-corrected chi connectivity index (χ4v) is 2.72. The Bertz CT molecular complexity index is 319. The van der Waals surface area contributed by atoms with Crippen molar-refractivity contribution < 1.29 is 14.6 Å². The van der Waals surface area contributed by atoms with Crippen molar-refractivity contribution in [2.24, 2.45) is 11.8 Å². The zero-order chi connectivity index (χ0) is 11.2. The van der Waals surface area contributed by atoms with E-state index in [0.29, 0.717) is 12.3 Å². The molecular weight excluding hydrogens is 192 g/mol. The van der Waals surface area contributed by atoms with Crippen molar-refractivity contribution in [2.45, 2.75) is 38.9 Å². The Hall–Kier alpha value is -0.670. The lowest BCUT2D eigenvalue weighted by molar-refractivity contribution is -0.149. The van der Waals surface area contributed by atoms with E-state index >= 15 is 0 Å². The molecule has 0 aliphatic carbocycles. The van der Waals surface area contributed by atoms with Crippen LogP contribution in [0.2, 0.25) is 0 Å². The maximum atomic E-state index is 12.0. The molecule has 0 saturated carbocycles. The lowest BCUT2D eigenvalue weighted by atomic mass is 9.81. The van der Waals surface area contributed by atoms with Crippen molar-refractivity contribution in [1.29, 1.82) is 0 Å². The average Bonchev–Trinajstić information content (AvgIpc) is 2.36. The van der Waals surface area contributed by atoms with Gasteiger partial charge in [-0.3, -0.25) is 4.79 Å². The zero-order valence-electron chi connectivity index (χ0n) is 9.49. The summed E-state index contributed by atoms with van der Waals surface area (Å²) in [4.78, 5) is 12.0. The number of carbonyl (C=O) groups is 1. The van der Waals surface area contributed by atoms with Crippen LogP contribution in [0.15, 0.2) is 11.6 Å². The van der Waals surface area contributed by atoms with Gasteiger partial charge >= 0.3 is 0 Å². The van der Waals surface area contributed by atoms with Crippen molar-refractivity contribution in [3.8, 4) is 0 Å². The highest BCUT2D eigenvalue weighted by molar-refractivity contribution is 5.85. The number of hydrogen-bond acceptors (Lipinski definition) is 3. The second kappa shape index (κ2) is 3.42. The van der Waals surface area contributed by atoms with Crippen LogP contribution in [-0.2, 0) is 9.53 Å². The van der Waals surface area contributed by atoms with Crippen LogP contribution in [0, 0.1) is 11.8 Å². The summed E-state index contributed by atoms with van der Waals surface area (Å²) in [6, 6.07) is 0. The molecule has 15 heavy (non-hydrogen) atoms. The van der Waals surface area contributed by atoms with Gasteiger partial charge in [-0.1, -0.05) is 19.9 Å². The number of aliphatic hydroxyl groups excluding tert-OH is 1. The van der Waals surface area contributed by atoms with Gasteiger partial charge in [-0.25, -0.2) is 0 Å². The summed E-state index contributed by atoms with van der Waals surface area (Å²) in [5, 5.41) is 9.23. The Labute approximate surface area is 90.1 Å². The number of Topliss-reactive ketones (excluding diaryl/α,β-unsaturated/α-hetero) is 1. The maximum Gasteiger partial charge on any atom is 0.142 e. The fraction of sp³-hybridized carbons (Fsp3) is 0.750. The van der Waals surface area contributed by atoms with Crippen molar-refractivity contribution in [3.05, 3.63) is 11.6 Å². The van der Waals surface area contributed by atoms with Gasteiger partial charge in [0.05, 0.1) is 18.3 Å². The van der Waals surface area contributed by atoms with Crippen molar-refractivity contribution >= 4 is 5.78 Å². The van der Waals surface area contributed by atoms with E-state index in [1.165, 1.54) is 0 Å². The van der Waals surface area contributed by atoms with E-state index in [1.807, 2.05) is 26.8 Å². The van der Waals surface area contributed by atoms with Crippen LogP contribution in [0.4, 0.5) is 0 Å². The molecular formula is C12H18O3. The summed E-state index contributed by atoms with van der Waals surface area (Å²) in [5.41, 5.74) is 0.325. The molecule has 2 rings (SSSR count). The summed E-state index contributed by atoms with van der Waals surface area (Å²) in [7, 11) is 0. The number of ether oxygens (including phenoxy) is 1. The molecule has 3 heteroatoms. The summed E-state index contributed by atoms with van der Waals surface area (Å²) in [5.74, 6) is 0.520. The van der Waals surface area contributed by atoms with E-state index in [1.54, 1.807) is 0 Å². The van der Waals surface area contributed by atoms with Crippen LogP contribution in [0.1, 0.15) is 27.2 Å². The van der Waals surface area contributed by atoms with Crippen molar-refractivity contribution in [2.75, 3.05) is 6.61 Å². The van der Waals surface area contributed by atoms with Crippen LogP contribution in [0.3, 0.4) is 0 Å². The molecule has 3 nitrogen and oxygen atoms in total. The molecule has 0 radical (unpaired) electrons. The lowest BCUT2D eigenvalue weighted by Gasteiger charge is -2.37. The van der Waals surface area contributed by atoms with Crippen LogP contribution >= 0.6 is 0 Å². The van der Waals surface area contributed by atoms with Gasteiger partial charge in [-0.05, 0) is 18.4 Å². The van der Waals surface area contributed by atoms with E-state index in [-0.39, 0.29) is 24.4 Å². The van der Waals surface area contributed by atoms with Crippen molar-refractivity contribution in [1.82, 2.24) is 0 Å². The monoisotopic (exact) mass is 210 g/mol. The highest BCUT2D eigenvalue weighted by Gasteiger charge is 2.50. The number of ketones is 1. The molecule has 2 aliphatic rings. The number of aliphatic hydroxyl groups is 1. The Morgan fingerprint density at radius 2 is 2.33 bits per heavy atom. The molecule has 0 aromatic rings. The summed E-state index contributed by atoms with van der Waals surface area (Å²) >= 11 is 0. The van der Waals surface area contributed by atoms with E-state index in [0.717, 1.165) is 5.57 Å². The molecule has 0 aromatic heterocycles. The first-order chi connectivity index (χ1) is 6.98. The van der Waals surface area contributed by atoms with E-state index < -0.39 is 5.60 Å². The highest BCUT2D eigenvalue weighted by atomic mass is 16.5. The average molecular weight is 210 g/mol. The van der Waals surface area contributed by atoms with Gasteiger partial charge in [-0.15, -0.1) is 0 Å². The first-order valence-electron chi connectivity index (χ1n) is 5.50. The Morgan fingerprint density at radius 1 is 1.67 bits per heavy atom. The molecule has 2 heterocycles. The standard InChI is InChI=1S/C12H18O3/c1-7(2)11-9(14)5-12(3)8(6-13)4-10(11)15-12/h4,7,10-11,13H,5-6H2,1-3H3/t10-,11-,12-/m1/s1. The Balaban J connectivity index is 2.32. The summed E-state index contributed by atoms with van der Waals surface area (Å²) < 4.78 is 5.86. The SMILES string of the molecule is CC(C)[C@@H]1C(=O)C[C@@]2(C)O[C@@H]1C=C2CO. The second-order valence-electron chi connectivity index (χ2n) is 5.08. The molecule has 0 spiro atoms. The largest absolute Gasteiger partial charge is 0.392 e. The maximum absolute atomic E-state index is 12.0. The highest BCUT2D eigenvalue weighted by Crippen LogP contribution is 2.43. The molecule has 84 valence electrons. The van der Waals surface area contributed by atoms with Gasteiger partial charge < -0.3 is 9.84 Å². The van der Waals surface area contributed by atoms with E-state index in [9.17, 15) is 9.90 Å². The Kier molecular flexibility index (Phi) is 2.47. The molecule has 1 saturated heterocycles. The molecule has 1 fully saturated rings. The first kappa shape index (κ1) is 10.8. The van der Waals surface area contributed by atoms with Crippen LogP contribution in [-0.4, -0.2) is 29.2 Å². The number of fused-ring (bicyclic) bond motifs is 2. The molecule has 3 atom stereocenters. The molecule has 2 aliphatic heterocycles. The van der Waals surface area contributed by atoms with Gasteiger partial charge in [0.2, 0.25) is 0 Å². The van der Waals surface area contributed by atoms with Crippen LogP contribution in [0.5, 0.6) is 0 Å². The smallest absolute Gasteiger partial charge is 0.142 e. The number of hydrogen-bond donors (Lipinski definition) is 1. The molecule has 0 amide bonds. The van der Waals surface area contributed by atoms with E-state index in [4.69, 9.17) is 4.74 Å². The predicted octanol–water partition coefficient (Wildman–Crippen LogP) is 1.31. The molecule has 0 aromatic carbocycles. The zero-order valence-corrected chi connectivity index (χ0v) is 9.49. The van der Waals surface area contributed by atoms with E-state index in [2.05, 4.69) is 0 Å². The van der Waals surface area contributed by atoms with Gasteiger partial charge in [0.1, 0.15) is 5.78 Å². The molecule has 2 bridgehead atoms. The fourth-order valence-electron chi connectivity index (χ4n) is 2.72. The third-order valence-corrected chi connectivity index (χ3v) is 3.57. The van der Waals surface area contributed by atoms with Gasteiger partial charge in [-0.2, -0.15) is 0 Å². The van der Waals surface area contributed by atoms with Gasteiger partial charge in [0.25, 0.3) is 0 Å². The minimum Gasteiger partial charge on any atom is -0.392 e. The lowest BCUT2D eigenvalue weighted by Crippen LogP contribution is -2.45. The Morgan fingerprint density at radius 3 is 2.87 bits per heavy atom.